The van der Waals surface area contributed by atoms with Crippen molar-refractivity contribution in [2.24, 2.45) is 5.16 Å². The summed E-state index contributed by atoms with van der Waals surface area (Å²) in [6.07, 6.45) is 2.55. The van der Waals surface area contributed by atoms with Gasteiger partial charge >= 0.3 is 6.09 Å². The first kappa shape index (κ1) is 12.5. The largest absolute Gasteiger partial charge is 0.433 e. The molecule has 6 heteroatoms. The normalized spacial score (nSPS) is 18.8. The number of carbonyl (C=O) groups is 2. The number of nitrogens with one attached hydrogen (secondary N) is 2. The maximum absolute atomic E-state index is 11.4. The van der Waals surface area contributed by atoms with E-state index >= 15 is 0 Å². The van der Waals surface area contributed by atoms with E-state index in [-0.39, 0.29) is 11.6 Å². The molecule has 0 radical (unpaired) electrons. The number of hydrogen-bond acceptors (Lipinski definition) is 4. The molecule has 1 rings (SSSR count). The molecule has 0 aromatic carbocycles. The summed E-state index contributed by atoms with van der Waals surface area (Å²) in [4.78, 5) is 27.0. The van der Waals surface area contributed by atoms with Crippen LogP contribution in [0.3, 0.4) is 0 Å². The Morgan fingerprint density at radius 1 is 1.56 bits per heavy atom. The van der Waals surface area contributed by atoms with E-state index in [1.54, 1.807) is 0 Å². The molecule has 0 aromatic heterocycles. The van der Waals surface area contributed by atoms with Gasteiger partial charge in [0.2, 0.25) is 0 Å². The highest BCUT2D eigenvalue weighted by atomic mass is 16.7. The fourth-order valence-corrected chi connectivity index (χ4v) is 1.28. The Morgan fingerprint density at radius 2 is 2.38 bits per heavy atom. The molecule has 1 saturated heterocycles. The van der Waals surface area contributed by atoms with Crippen molar-refractivity contribution in [2.75, 3.05) is 13.1 Å². The number of carbonyl (C=O) groups excluding carboxylic acids is 2. The molecule has 1 aliphatic heterocycles. The summed E-state index contributed by atoms with van der Waals surface area (Å²) in [6.45, 7) is 3.13. The molecule has 0 aliphatic carbocycles. The lowest BCUT2D eigenvalue weighted by atomic mass is 10.2. The molecule has 0 atom stereocenters. The SMILES string of the molecule is CCCNC(=O)ON=C1CCCCNC1=O. The van der Waals surface area contributed by atoms with Gasteiger partial charge in [0.05, 0.1) is 0 Å². The number of nitrogens with zero attached hydrogens (tertiary/aromatic N) is 1. The van der Waals surface area contributed by atoms with Crippen LogP contribution in [0, 0.1) is 0 Å². The molecule has 2 N–H and O–H groups in total. The van der Waals surface area contributed by atoms with E-state index in [0.717, 1.165) is 19.3 Å². The second kappa shape index (κ2) is 6.81. The van der Waals surface area contributed by atoms with Crippen LogP contribution in [-0.4, -0.2) is 30.8 Å². The molecule has 90 valence electrons. The summed E-state index contributed by atoms with van der Waals surface area (Å²) < 4.78 is 0. The van der Waals surface area contributed by atoms with Crippen LogP contribution in [0.1, 0.15) is 32.6 Å². The van der Waals surface area contributed by atoms with Crippen LogP contribution in [0.5, 0.6) is 0 Å². The van der Waals surface area contributed by atoms with Crippen LogP contribution in [-0.2, 0) is 9.63 Å². The highest BCUT2D eigenvalue weighted by molar-refractivity contribution is 6.38. The zero-order valence-electron chi connectivity index (χ0n) is 9.41. The van der Waals surface area contributed by atoms with E-state index in [0.29, 0.717) is 19.5 Å². The van der Waals surface area contributed by atoms with Gasteiger partial charge in [0.1, 0.15) is 5.71 Å². The van der Waals surface area contributed by atoms with Crippen molar-refractivity contribution in [1.82, 2.24) is 10.6 Å². The van der Waals surface area contributed by atoms with Crippen molar-refractivity contribution >= 4 is 17.7 Å². The van der Waals surface area contributed by atoms with Crippen molar-refractivity contribution in [3.05, 3.63) is 0 Å². The first-order valence-electron chi connectivity index (χ1n) is 5.54. The molecule has 0 spiro atoms. The zero-order valence-corrected chi connectivity index (χ0v) is 9.41. The molecule has 0 unspecified atom stereocenters. The lowest BCUT2D eigenvalue weighted by molar-refractivity contribution is -0.114. The van der Waals surface area contributed by atoms with Gasteiger partial charge in [-0.3, -0.25) is 9.63 Å². The zero-order chi connectivity index (χ0) is 11.8. The standard InChI is InChI=1S/C10H17N3O3/c1-2-6-12-10(15)16-13-8-5-3-4-7-11-9(8)14/h2-7H2,1H3,(H,11,14)(H,12,15). The summed E-state index contributed by atoms with van der Waals surface area (Å²) in [6, 6.07) is 0. The van der Waals surface area contributed by atoms with Crippen molar-refractivity contribution in [1.29, 1.82) is 0 Å². The summed E-state index contributed by atoms with van der Waals surface area (Å²) in [5.74, 6) is -0.249. The average Bonchev–Trinajstić information content (AvgIpc) is 2.48. The van der Waals surface area contributed by atoms with Crippen molar-refractivity contribution in [3.63, 3.8) is 0 Å². The maximum atomic E-state index is 11.4. The summed E-state index contributed by atoms with van der Waals surface area (Å²) >= 11 is 0. The van der Waals surface area contributed by atoms with Gasteiger partial charge in [0.25, 0.3) is 5.91 Å². The predicted molar refractivity (Wildman–Crippen MR) is 59.1 cm³/mol. The number of hydrogen-bond donors (Lipinski definition) is 2. The van der Waals surface area contributed by atoms with Crippen LogP contribution < -0.4 is 10.6 Å². The lowest BCUT2D eigenvalue weighted by Gasteiger charge is -2.02. The number of rotatable bonds is 3. The van der Waals surface area contributed by atoms with Crippen LogP contribution in [0.4, 0.5) is 4.79 Å². The Morgan fingerprint density at radius 3 is 3.12 bits per heavy atom. The van der Waals surface area contributed by atoms with E-state index in [1.807, 2.05) is 6.92 Å². The summed E-state index contributed by atoms with van der Waals surface area (Å²) in [5, 5.41) is 8.75. The number of oxime groups is 1. The fraction of sp³-hybridized carbons (Fsp3) is 0.700. The van der Waals surface area contributed by atoms with E-state index in [4.69, 9.17) is 0 Å². The number of amides is 2. The molecular weight excluding hydrogens is 210 g/mol. The van der Waals surface area contributed by atoms with Crippen LogP contribution in [0.25, 0.3) is 0 Å². The molecule has 2 amide bonds. The van der Waals surface area contributed by atoms with Gasteiger partial charge in [-0.25, -0.2) is 4.79 Å². The monoisotopic (exact) mass is 227 g/mol. The molecule has 1 heterocycles. The quantitative estimate of drug-likeness (QED) is 0.552. The van der Waals surface area contributed by atoms with Gasteiger partial charge < -0.3 is 10.6 Å². The first-order chi connectivity index (χ1) is 7.74. The minimum atomic E-state index is -0.619. The first-order valence-corrected chi connectivity index (χ1v) is 5.54. The topological polar surface area (TPSA) is 79.8 Å². The second-order valence-electron chi connectivity index (χ2n) is 3.56. The van der Waals surface area contributed by atoms with Crippen molar-refractivity contribution in [3.8, 4) is 0 Å². The van der Waals surface area contributed by atoms with E-state index in [9.17, 15) is 9.59 Å². The minimum Gasteiger partial charge on any atom is -0.351 e. The maximum Gasteiger partial charge on any atom is 0.433 e. The van der Waals surface area contributed by atoms with Gasteiger partial charge in [0, 0.05) is 13.1 Å². The molecule has 0 bridgehead atoms. The van der Waals surface area contributed by atoms with Crippen molar-refractivity contribution < 1.29 is 14.4 Å². The molecular formula is C10H17N3O3. The summed E-state index contributed by atoms with van der Waals surface area (Å²) in [5.41, 5.74) is 0.282. The molecule has 0 aromatic rings. The molecule has 0 saturated carbocycles. The Balaban J connectivity index is 2.41. The Bertz CT molecular complexity index is 289. The third-order valence-electron chi connectivity index (χ3n) is 2.15. The Hall–Kier alpha value is -1.59. The lowest BCUT2D eigenvalue weighted by Crippen LogP contribution is -2.30. The highest BCUT2D eigenvalue weighted by Crippen LogP contribution is 2.02. The van der Waals surface area contributed by atoms with Crippen LogP contribution >= 0.6 is 0 Å². The Labute approximate surface area is 94.4 Å². The smallest absolute Gasteiger partial charge is 0.351 e. The van der Waals surface area contributed by atoms with Gasteiger partial charge in [-0.15, -0.1) is 0 Å². The van der Waals surface area contributed by atoms with Crippen LogP contribution in [0.2, 0.25) is 0 Å². The second-order valence-corrected chi connectivity index (χ2v) is 3.56. The highest BCUT2D eigenvalue weighted by Gasteiger charge is 2.15. The third-order valence-corrected chi connectivity index (χ3v) is 2.15. The molecule has 1 aliphatic rings. The Kier molecular flexibility index (Phi) is 5.31. The van der Waals surface area contributed by atoms with Gasteiger partial charge in [0.15, 0.2) is 0 Å². The van der Waals surface area contributed by atoms with E-state index in [1.165, 1.54) is 0 Å². The third kappa shape index (κ3) is 4.29. The van der Waals surface area contributed by atoms with Crippen LogP contribution in [0.15, 0.2) is 5.16 Å². The molecule has 16 heavy (non-hydrogen) atoms. The minimum absolute atomic E-state index is 0.249. The van der Waals surface area contributed by atoms with E-state index in [2.05, 4.69) is 20.6 Å². The van der Waals surface area contributed by atoms with Gasteiger partial charge in [-0.1, -0.05) is 12.1 Å². The van der Waals surface area contributed by atoms with Gasteiger partial charge in [-0.2, -0.15) is 0 Å². The summed E-state index contributed by atoms with van der Waals surface area (Å²) in [7, 11) is 0. The predicted octanol–water partition coefficient (Wildman–Crippen LogP) is 0.779. The van der Waals surface area contributed by atoms with Gasteiger partial charge in [-0.05, 0) is 25.7 Å². The van der Waals surface area contributed by atoms with E-state index < -0.39 is 6.09 Å². The van der Waals surface area contributed by atoms with Crippen molar-refractivity contribution in [2.45, 2.75) is 32.6 Å². The molecule has 1 fully saturated rings. The fourth-order valence-electron chi connectivity index (χ4n) is 1.28. The average molecular weight is 227 g/mol. The molecule has 6 nitrogen and oxygen atoms in total.